The highest BCUT2D eigenvalue weighted by atomic mass is 15.1. The highest BCUT2D eigenvalue weighted by Gasteiger charge is 2.22. The molecular weight excluding hydrogens is 462 g/mol. The lowest BCUT2D eigenvalue weighted by Gasteiger charge is -2.28. The van der Waals surface area contributed by atoms with Gasteiger partial charge in [0.1, 0.15) is 0 Å². The van der Waals surface area contributed by atoms with Gasteiger partial charge in [-0.1, -0.05) is 75.4 Å². The molecular formula is C35H31N3. The van der Waals surface area contributed by atoms with E-state index in [0.717, 1.165) is 45.1 Å². The van der Waals surface area contributed by atoms with Crippen LogP contribution in [0.2, 0.25) is 0 Å². The standard InChI is InChI=1S/C35H31N3/c1-24-16-18-36-31(20-24)28-15-14-26-13-12-25-8-5-6-11-33(25)38(34(26)22-28)30-10-7-9-27(21-30)32-23-29(17-19-37-32)35(2,3)4/h5-23H,1-4H3. The first-order valence-corrected chi connectivity index (χ1v) is 13.1. The molecule has 3 heterocycles. The summed E-state index contributed by atoms with van der Waals surface area (Å²) < 4.78 is 0. The molecule has 0 amide bonds. The quantitative estimate of drug-likeness (QED) is 0.246. The van der Waals surface area contributed by atoms with Crippen molar-refractivity contribution < 1.29 is 0 Å². The molecule has 0 bridgehead atoms. The van der Waals surface area contributed by atoms with Crippen LogP contribution in [0.5, 0.6) is 0 Å². The van der Waals surface area contributed by atoms with Crippen LogP contribution in [0.4, 0.5) is 17.1 Å². The van der Waals surface area contributed by atoms with Crippen LogP contribution in [-0.2, 0) is 5.41 Å². The van der Waals surface area contributed by atoms with Gasteiger partial charge in [0.05, 0.1) is 22.8 Å². The number of anilines is 3. The van der Waals surface area contributed by atoms with Gasteiger partial charge >= 0.3 is 0 Å². The third kappa shape index (κ3) is 4.52. The second-order valence-electron chi connectivity index (χ2n) is 10.9. The van der Waals surface area contributed by atoms with Crippen molar-refractivity contribution in [2.75, 3.05) is 4.90 Å². The van der Waals surface area contributed by atoms with E-state index >= 15 is 0 Å². The Kier molecular flexibility index (Phi) is 5.92. The molecule has 0 saturated heterocycles. The van der Waals surface area contributed by atoms with Crippen LogP contribution in [0.1, 0.15) is 43.0 Å². The van der Waals surface area contributed by atoms with Crippen molar-refractivity contribution in [1.82, 2.24) is 9.97 Å². The predicted molar refractivity (Wildman–Crippen MR) is 160 cm³/mol. The normalized spacial score (nSPS) is 12.6. The van der Waals surface area contributed by atoms with Crippen molar-refractivity contribution in [1.29, 1.82) is 0 Å². The summed E-state index contributed by atoms with van der Waals surface area (Å²) in [4.78, 5) is 11.8. The van der Waals surface area contributed by atoms with E-state index in [2.05, 4.69) is 135 Å². The second-order valence-corrected chi connectivity index (χ2v) is 10.9. The summed E-state index contributed by atoms with van der Waals surface area (Å²) in [6, 6.07) is 32.4. The van der Waals surface area contributed by atoms with Gasteiger partial charge in [0.25, 0.3) is 0 Å². The zero-order valence-corrected chi connectivity index (χ0v) is 22.3. The molecule has 3 aromatic carbocycles. The van der Waals surface area contributed by atoms with Crippen LogP contribution in [0.25, 0.3) is 34.7 Å². The average Bonchev–Trinajstić information content (AvgIpc) is 3.09. The lowest BCUT2D eigenvalue weighted by Crippen LogP contribution is -2.12. The minimum absolute atomic E-state index is 0.0594. The van der Waals surface area contributed by atoms with Gasteiger partial charge in [0, 0.05) is 29.2 Å². The third-order valence-electron chi connectivity index (χ3n) is 7.13. The molecule has 186 valence electrons. The van der Waals surface area contributed by atoms with Gasteiger partial charge < -0.3 is 4.90 Å². The molecule has 0 spiro atoms. The summed E-state index contributed by atoms with van der Waals surface area (Å²) in [6.45, 7) is 8.82. The van der Waals surface area contributed by atoms with Crippen LogP contribution in [0.15, 0.2) is 103 Å². The Morgan fingerprint density at radius 3 is 2.11 bits per heavy atom. The Balaban J connectivity index is 1.53. The van der Waals surface area contributed by atoms with Crippen molar-refractivity contribution in [3.05, 3.63) is 126 Å². The molecule has 6 rings (SSSR count). The number of benzene rings is 3. The molecule has 0 radical (unpaired) electrons. The highest BCUT2D eigenvalue weighted by molar-refractivity contribution is 5.95. The van der Waals surface area contributed by atoms with Gasteiger partial charge in [-0.15, -0.1) is 0 Å². The summed E-state index contributed by atoms with van der Waals surface area (Å²) in [7, 11) is 0. The number of aromatic nitrogens is 2. The molecule has 0 fully saturated rings. The SMILES string of the molecule is Cc1ccnc(-c2ccc3c(c2)N(c2cccc(-c4cc(C(C)(C)C)ccn4)c2)c2ccccc2C=C3)c1. The first kappa shape index (κ1) is 23.9. The van der Waals surface area contributed by atoms with Crippen LogP contribution >= 0.6 is 0 Å². The van der Waals surface area contributed by atoms with E-state index in [1.54, 1.807) is 0 Å². The summed E-state index contributed by atoms with van der Waals surface area (Å²) in [5, 5.41) is 0. The molecule has 0 aliphatic carbocycles. The number of hydrogen-bond acceptors (Lipinski definition) is 3. The molecule has 2 aromatic heterocycles. The summed E-state index contributed by atoms with van der Waals surface area (Å²) in [6.07, 6.45) is 8.21. The molecule has 0 atom stereocenters. The Morgan fingerprint density at radius 1 is 0.605 bits per heavy atom. The number of rotatable bonds is 3. The van der Waals surface area contributed by atoms with Gasteiger partial charge in [-0.25, -0.2) is 0 Å². The molecule has 0 saturated carbocycles. The number of pyridine rings is 2. The van der Waals surface area contributed by atoms with E-state index in [9.17, 15) is 0 Å². The molecule has 1 aliphatic rings. The summed E-state index contributed by atoms with van der Waals surface area (Å²) in [5.41, 5.74) is 12.4. The molecule has 1 aliphatic heterocycles. The number of fused-ring (bicyclic) bond motifs is 2. The van der Waals surface area contributed by atoms with Crippen molar-refractivity contribution in [3.8, 4) is 22.5 Å². The van der Waals surface area contributed by atoms with E-state index in [0.29, 0.717) is 0 Å². The van der Waals surface area contributed by atoms with Crippen LogP contribution < -0.4 is 4.90 Å². The van der Waals surface area contributed by atoms with Gasteiger partial charge in [-0.2, -0.15) is 0 Å². The molecule has 3 heteroatoms. The Hall–Kier alpha value is -4.50. The van der Waals surface area contributed by atoms with Gasteiger partial charge in [0.15, 0.2) is 0 Å². The van der Waals surface area contributed by atoms with E-state index in [4.69, 9.17) is 4.98 Å². The third-order valence-corrected chi connectivity index (χ3v) is 7.13. The molecule has 0 unspecified atom stereocenters. The van der Waals surface area contributed by atoms with Crippen LogP contribution in [0, 0.1) is 6.92 Å². The lowest BCUT2D eigenvalue weighted by molar-refractivity contribution is 0.589. The first-order valence-electron chi connectivity index (χ1n) is 13.1. The van der Waals surface area contributed by atoms with Crippen LogP contribution in [-0.4, -0.2) is 9.97 Å². The van der Waals surface area contributed by atoms with E-state index in [1.807, 2.05) is 18.5 Å². The van der Waals surface area contributed by atoms with Crippen molar-refractivity contribution in [3.63, 3.8) is 0 Å². The van der Waals surface area contributed by atoms with Crippen molar-refractivity contribution >= 4 is 29.2 Å². The maximum atomic E-state index is 4.74. The highest BCUT2D eigenvalue weighted by Crippen LogP contribution is 2.44. The fourth-order valence-electron chi connectivity index (χ4n) is 5.01. The fraction of sp³-hybridized carbons (Fsp3) is 0.143. The molecule has 0 N–H and O–H groups in total. The van der Waals surface area contributed by atoms with Gasteiger partial charge in [-0.3, -0.25) is 9.97 Å². The number of hydrogen-bond donors (Lipinski definition) is 0. The first-order chi connectivity index (χ1) is 18.4. The smallest absolute Gasteiger partial charge is 0.0705 e. The maximum absolute atomic E-state index is 4.74. The summed E-state index contributed by atoms with van der Waals surface area (Å²) in [5.74, 6) is 0. The Morgan fingerprint density at radius 2 is 1.32 bits per heavy atom. The fourth-order valence-corrected chi connectivity index (χ4v) is 5.01. The zero-order chi connectivity index (χ0) is 26.3. The lowest BCUT2D eigenvalue weighted by atomic mass is 9.87. The van der Waals surface area contributed by atoms with Crippen molar-refractivity contribution in [2.24, 2.45) is 0 Å². The largest absolute Gasteiger partial charge is 0.309 e. The molecule has 3 nitrogen and oxygen atoms in total. The maximum Gasteiger partial charge on any atom is 0.0705 e. The molecule has 38 heavy (non-hydrogen) atoms. The Bertz CT molecular complexity index is 1670. The van der Waals surface area contributed by atoms with Gasteiger partial charge in [-0.05, 0) is 83.1 Å². The molecule has 5 aromatic rings. The Labute approximate surface area is 225 Å². The van der Waals surface area contributed by atoms with E-state index < -0.39 is 0 Å². The monoisotopic (exact) mass is 493 g/mol. The minimum atomic E-state index is 0.0594. The number of aryl methyl sites for hydroxylation is 1. The van der Waals surface area contributed by atoms with E-state index in [1.165, 1.54) is 16.7 Å². The zero-order valence-electron chi connectivity index (χ0n) is 22.3. The van der Waals surface area contributed by atoms with Crippen LogP contribution in [0.3, 0.4) is 0 Å². The minimum Gasteiger partial charge on any atom is -0.309 e. The van der Waals surface area contributed by atoms with Gasteiger partial charge in [0.2, 0.25) is 0 Å². The topological polar surface area (TPSA) is 29.0 Å². The van der Waals surface area contributed by atoms with Crippen molar-refractivity contribution in [2.45, 2.75) is 33.1 Å². The average molecular weight is 494 g/mol. The second kappa shape index (κ2) is 9.42. The summed E-state index contributed by atoms with van der Waals surface area (Å²) >= 11 is 0. The van der Waals surface area contributed by atoms with E-state index in [-0.39, 0.29) is 5.41 Å². The number of para-hydroxylation sites is 1. The predicted octanol–water partition coefficient (Wildman–Crippen LogP) is 9.37. The number of nitrogens with zero attached hydrogens (tertiary/aromatic N) is 3.